The summed E-state index contributed by atoms with van der Waals surface area (Å²) in [6.45, 7) is 4.40. The summed E-state index contributed by atoms with van der Waals surface area (Å²) in [5, 5.41) is 10.9. The molecule has 0 aliphatic rings. The number of urea groups is 1. The Kier molecular flexibility index (Phi) is 8.02. The van der Waals surface area contributed by atoms with Crippen LogP contribution in [-0.4, -0.2) is 38.0 Å². The molecule has 0 unspecified atom stereocenters. The quantitative estimate of drug-likeness (QED) is 0.513. The molecule has 0 radical (unpaired) electrons. The van der Waals surface area contributed by atoms with Gasteiger partial charge in [0.2, 0.25) is 5.91 Å². The monoisotopic (exact) mass is 398 g/mol. The van der Waals surface area contributed by atoms with E-state index in [9.17, 15) is 14.4 Å². The second kappa shape index (κ2) is 10.7. The van der Waals surface area contributed by atoms with Crippen LogP contribution in [0.2, 0.25) is 0 Å². The third-order valence-corrected chi connectivity index (χ3v) is 4.06. The number of hydrogen-bond donors (Lipinski definition) is 4. The highest BCUT2D eigenvalue weighted by Crippen LogP contribution is 2.25. The van der Waals surface area contributed by atoms with E-state index >= 15 is 0 Å². The molecule has 2 rings (SSSR count). The average Bonchev–Trinajstić information content (AvgIpc) is 2.71. The van der Waals surface area contributed by atoms with Crippen molar-refractivity contribution in [2.24, 2.45) is 0 Å². The van der Waals surface area contributed by atoms with E-state index in [2.05, 4.69) is 21.3 Å². The lowest BCUT2D eigenvalue weighted by Crippen LogP contribution is -2.34. The first-order valence-corrected chi connectivity index (χ1v) is 9.30. The molecule has 29 heavy (non-hydrogen) atoms. The number of aryl methyl sites for hydroxylation is 1. The minimum atomic E-state index is -0.419. The van der Waals surface area contributed by atoms with Crippen LogP contribution in [0, 0.1) is 6.92 Å². The maximum absolute atomic E-state index is 12.2. The standard InChI is InChI=1S/C21H26N4O4/c1-4-19(26)22-11-12-23-20(27)15-6-8-16(9-7-15)24-21(28)25-17-13-14(2)5-10-18(17)29-3/h5-10,13H,4,11-12H2,1-3H3,(H,22,26)(H,23,27)(H2,24,25,28). The molecule has 0 saturated carbocycles. The highest BCUT2D eigenvalue weighted by atomic mass is 16.5. The zero-order valence-corrected chi connectivity index (χ0v) is 16.8. The molecule has 4 N–H and O–H groups in total. The van der Waals surface area contributed by atoms with Gasteiger partial charge in [0.15, 0.2) is 0 Å². The van der Waals surface area contributed by atoms with Crippen molar-refractivity contribution in [2.45, 2.75) is 20.3 Å². The highest BCUT2D eigenvalue weighted by molar-refractivity contribution is 6.01. The minimum absolute atomic E-state index is 0.0590. The Hall–Kier alpha value is -3.55. The molecular formula is C21H26N4O4. The van der Waals surface area contributed by atoms with Gasteiger partial charge in [-0.15, -0.1) is 0 Å². The Labute approximate surface area is 170 Å². The Balaban J connectivity index is 1.87. The number of carbonyl (C=O) groups excluding carboxylic acids is 3. The van der Waals surface area contributed by atoms with E-state index in [-0.39, 0.29) is 11.8 Å². The SMILES string of the molecule is CCC(=O)NCCNC(=O)c1ccc(NC(=O)Nc2cc(C)ccc2OC)cc1. The Bertz CT molecular complexity index is 865. The van der Waals surface area contributed by atoms with Crippen LogP contribution in [0.1, 0.15) is 29.3 Å². The molecule has 0 heterocycles. The first-order chi connectivity index (χ1) is 13.9. The summed E-state index contributed by atoms with van der Waals surface area (Å²) in [7, 11) is 1.54. The van der Waals surface area contributed by atoms with Crippen LogP contribution in [0.25, 0.3) is 0 Å². The highest BCUT2D eigenvalue weighted by Gasteiger charge is 2.09. The molecule has 0 bridgehead atoms. The molecular weight excluding hydrogens is 372 g/mol. The molecule has 8 heteroatoms. The summed E-state index contributed by atoms with van der Waals surface area (Å²) < 4.78 is 5.24. The first-order valence-electron chi connectivity index (χ1n) is 9.30. The van der Waals surface area contributed by atoms with Gasteiger partial charge in [-0.05, 0) is 48.9 Å². The van der Waals surface area contributed by atoms with Crippen LogP contribution in [-0.2, 0) is 4.79 Å². The number of anilines is 2. The van der Waals surface area contributed by atoms with Crippen molar-refractivity contribution in [1.82, 2.24) is 10.6 Å². The van der Waals surface area contributed by atoms with Crippen molar-refractivity contribution in [3.05, 3.63) is 53.6 Å². The van der Waals surface area contributed by atoms with Crippen LogP contribution in [0.15, 0.2) is 42.5 Å². The number of methoxy groups -OCH3 is 1. The van der Waals surface area contributed by atoms with Gasteiger partial charge >= 0.3 is 6.03 Å². The van der Waals surface area contributed by atoms with Gasteiger partial charge in [-0.25, -0.2) is 4.79 Å². The molecule has 8 nitrogen and oxygen atoms in total. The van der Waals surface area contributed by atoms with Gasteiger partial charge < -0.3 is 26.0 Å². The molecule has 0 aliphatic carbocycles. The smallest absolute Gasteiger partial charge is 0.323 e. The average molecular weight is 398 g/mol. The van der Waals surface area contributed by atoms with Crippen LogP contribution < -0.4 is 26.0 Å². The predicted octanol–water partition coefficient (Wildman–Crippen LogP) is 2.90. The fourth-order valence-corrected chi connectivity index (χ4v) is 2.51. The summed E-state index contributed by atoms with van der Waals surface area (Å²) in [5.41, 5.74) is 2.56. The second-order valence-corrected chi connectivity index (χ2v) is 6.32. The number of nitrogens with one attached hydrogen (secondary N) is 4. The number of ether oxygens (including phenoxy) is 1. The lowest BCUT2D eigenvalue weighted by molar-refractivity contribution is -0.120. The van der Waals surface area contributed by atoms with Crippen molar-refractivity contribution in [3.63, 3.8) is 0 Å². The molecule has 154 valence electrons. The molecule has 0 spiro atoms. The first kappa shape index (κ1) is 21.7. The molecule has 0 aromatic heterocycles. The van der Waals surface area contributed by atoms with E-state index < -0.39 is 6.03 Å². The van der Waals surface area contributed by atoms with E-state index in [0.29, 0.717) is 42.2 Å². The normalized spacial score (nSPS) is 10.0. The molecule has 0 aliphatic heterocycles. The zero-order valence-electron chi connectivity index (χ0n) is 16.8. The third kappa shape index (κ3) is 6.84. The molecule has 0 atom stereocenters. The van der Waals surface area contributed by atoms with E-state index in [1.807, 2.05) is 19.1 Å². The van der Waals surface area contributed by atoms with Gasteiger partial charge in [0.05, 0.1) is 12.8 Å². The van der Waals surface area contributed by atoms with Crippen LogP contribution in [0.3, 0.4) is 0 Å². The summed E-state index contributed by atoms with van der Waals surface area (Å²) in [6.07, 6.45) is 0.409. The Morgan fingerprint density at radius 2 is 1.62 bits per heavy atom. The van der Waals surface area contributed by atoms with Crippen molar-refractivity contribution >= 4 is 29.2 Å². The van der Waals surface area contributed by atoms with Crippen LogP contribution in [0.4, 0.5) is 16.2 Å². The maximum Gasteiger partial charge on any atom is 0.323 e. The fraction of sp³-hybridized carbons (Fsp3) is 0.286. The largest absolute Gasteiger partial charge is 0.495 e. The number of carbonyl (C=O) groups is 3. The Morgan fingerprint density at radius 3 is 2.28 bits per heavy atom. The minimum Gasteiger partial charge on any atom is -0.495 e. The van der Waals surface area contributed by atoms with Crippen LogP contribution >= 0.6 is 0 Å². The third-order valence-electron chi connectivity index (χ3n) is 4.06. The lowest BCUT2D eigenvalue weighted by Gasteiger charge is -2.12. The van der Waals surface area contributed by atoms with Crippen molar-refractivity contribution in [1.29, 1.82) is 0 Å². The van der Waals surface area contributed by atoms with Gasteiger partial charge in [-0.3, -0.25) is 9.59 Å². The Morgan fingerprint density at radius 1 is 0.931 bits per heavy atom. The summed E-state index contributed by atoms with van der Waals surface area (Å²) >= 11 is 0. The number of rotatable bonds is 8. The molecule has 0 saturated heterocycles. The molecule has 2 aromatic rings. The zero-order chi connectivity index (χ0) is 21.2. The number of amides is 4. The topological polar surface area (TPSA) is 109 Å². The predicted molar refractivity (Wildman–Crippen MR) is 112 cm³/mol. The lowest BCUT2D eigenvalue weighted by atomic mass is 10.2. The van der Waals surface area contributed by atoms with E-state index in [0.717, 1.165) is 5.56 Å². The van der Waals surface area contributed by atoms with Crippen LogP contribution in [0.5, 0.6) is 5.75 Å². The van der Waals surface area contributed by atoms with Gasteiger partial charge in [-0.2, -0.15) is 0 Å². The summed E-state index contributed by atoms with van der Waals surface area (Å²) in [4.78, 5) is 35.5. The molecule has 0 fully saturated rings. The fourth-order valence-electron chi connectivity index (χ4n) is 2.51. The van der Waals surface area contributed by atoms with E-state index in [4.69, 9.17) is 4.74 Å². The van der Waals surface area contributed by atoms with Gasteiger partial charge in [0.25, 0.3) is 5.91 Å². The van der Waals surface area contributed by atoms with Gasteiger partial charge in [0, 0.05) is 30.8 Å². The van der Waals surface area contributed by atoms with E-state index in [1.54, 1.807) is 37.3 Å². The second-order valence-electron chi connectivity index (χ2n) is 6.32. The number of hydrogen-bond acceptors (Lipinski definition) is 4. The number of benzene rings is 2. The summed E-state index contributed by atoms with van der Waals surface area (Å²) in [6, 6.07) is 11.6. The van der Waals surface area contributed by atoms with Crippen molar-refractivity contribution in [3.8, 4) is 5.75 Å². The summed E-state index contributed by atoms with van der Waals surface area (Å²) in [5.74, 6) is 0.250. The van der Waals surface area contributed by atoms with Gasteiger partial charge in [-0.1, -0.05) is 13.0 Å². The molecule has 4 amide bonds. The van der Waals surface area contributed by atoms with Crippen molar-refractivity contribution in [2.75, 3.05) is 30.8 Å². The molecule has 2 aromatic carbocycles. The van der Waals surface area contributed by atoms with Gasteiger partial charge in [0.1, 0.15) is 5.75 Å². The van der Waals surface area contributed by atoms with E-state index in [1.165, 1.54) is 7.11 Å². The van der Waals surface area contributed by atoms with Crippen molar-refractivity contribution < 1.29 is 19.1 Å². The maximum atomic E-state index is 12.2.